The van der Waals surface area contributed by atoms with E-state index < -0.39 is 0 Å². The molecule has 0 bridgehead atoms. The third-order valence-corrected chi connectivity index (χ3v) is 5.62. The number of thiophene rings is 1. The van der Waals surface area contributed by atoms with Gasteiger partial charge in [-0.15, -0.1) is 11.3 Å². The van der Waals surface area contributed by atoms with Crippen LogP contribution >= 0.6 is 27.3 Å². The van der Waals surface area contributed by atoms with Gasteiger partial charge in [-0.3, -0.25) is 0 Å². The molecule has 0 aliphatic heterocycles. The lowest BCUT2D eigenvalue weighted by Crippen LogP contribution is -2.30. The Kier molecular flexibility index (Phi) is 4.09. The summed E-state index contributed by atoms with van der Waals surface area (Å²) in [6.45, 7) is 3.15. The highest BCUT2D eigenvalue weighted by atomic mass is 79.9. The number of halogens is 1. The predicted octanol–water partition coefficient (Wildman–Crippen LogP) is 4.21. The van der Waals surface area contributed by atoms with Crippen LogP contribution in [0, 0.1) is 11.3 Å². The third-order valence-electron chi connectivity index (χ3n) is 3.99. The largest absolute Gasteiger partial charge is 0.330 e. The smallest absolute Gasteiger partial charge is 0.0701 e. The summed E-state index contributed by atoms with van der Waals surface area (Å²) in [4.78, 5) is 1.48. The minimum Gasteiger partial charge on any atom is -0.330 e. The summed E-state index contributed by atoms with van der Waals surface area (Å²) < 4.78 is 1.24. The summed E-state index contributed by atoms with van der Waals surface area (Å²) in [5.74, 6) is 0.909. The van der Waals surface area contributed by atoms with Gasteiger partial charge in [0.25, 0.3) is 0 Å². The molecule has 2 rings (SSSR count). The van der Waals surface area contributed by atoms with Gasteiger partial charge in [0.05, 0.1) is 3.79 Å². The van der Waals surface area contributed by atoms with Gasteiger partial charge in [-0.05, 0) is 71.6 Å². The number of rotatable bonds is 4. The van der Waals surface area contributed by atoms with Crippen molar-refractivity contribution in [3.05, 3.63) is 20.8 Å². The Morgan fingerprint density at radius 3 is 2.88 bits per heavy atom. The predicted molar refractivity (Wildman–Crippen MR) is 74.8 cm³/mol. The first kappa shape index (κ1) is 12.6. The zero-order valence-corrected chi connectivity index (χ0v) is 12.2. The van der Waals surface area contributed by atoms with E-state index in [2.05, 4.69) is 35.0 Å². The molecule has 16 heavy (non-hydrogen) atoms. The van der Waals surface area contributed by atoms with Gasteiger partial charge in [0.1, 0.15) is 0 Å². The van der Waals surface area contributed by atoms with Crippen LogP contribution in [0.4, 0.5) is 0 Å². The fourth-order valence-electron chi connectivity index (χ4n) is 2.91. The van der Waals surface area contributed by atoms with Crippen LogP contribution in [-0.4, -0.2) is 6.54 Å². The van der Waals surface area contributed by atoms with Gasteiger partial charge in [-0.25, -0.2) is 0 Å². The molecule has 0 saturated heterocycles. The Hall–Kier alpha value is 0.140. The lowest BCUT2D eigenvalue weighted by Gasteiger charge is -2.27. The molecule has 1 aliphatic rings. The summed E-state index contributed by atoms with van der Waals surface area (Å²) in [7, 11) is 0. The quantitative estimate of drug-likeness (QED) is 0.886. The lowest BCUT2D eigenvalue weighted by molar-refractivity contribution is 0.293. The molecule has 0 radical (unpaired) electrons. The molecule has 1 heterocycles. The van der Waals surface area contributed by atoms with E-state index >= 15 is 0 Å². The lowest BCUT2D eigenvalue weighted by atomic mass is 9.81. The van der Waals surface area contributed by atoms with E-state index in [4.69, 9.17) is 5.73 Å². The van der Waals surface area contributed by atoms with E-state index in [1.807, 2.05) is 11.3 Å². The van der Waals surface area contributed by atoms with Crippen molar-refractivity contribution in [3.8, 4) is 0 Å². The topological polar surface area (TPSA) is 26.0 Å². The highest BCUT2D eigenvalue weighted by Crippen LogP contribution is 2.45. The summed E-state index contributed by atoms with van der Waals surface area (Å²) >= 11 is 5.39. The molecule has 3 heteroatoms. The van der Waals surface area contributed by atoms with Crippen molar-refractivity contribution >= 4 is 27.3 Å². The van der Waals surface area contributed by atoms with Gasteiger partial charge in [0.2, 0.25) is 0 Å². The molecule has 1 fully saturated rings. The fourth-order valence-corrected chi connectivity index (χ4v) is 4.57. The Morgan fingerprint density at radius 1 is 1.56 bits per heavy atom. The second kappa shape index (κ2) is 5.19. The normalized spacial score (nSPS) is 29.8. The Bertz CT molecular complexity index is 349. The molecular weight excluding hydrogens is 282 g/mol. The van der Waals surface area contributed by atoms with E-state index in [9.17, 15) is 0 Å². The van der Waals surface area contributed by atoms with Crippen LogP contribution in [0.2, 0.25) is 0 Å². The second-order valence-electron chi connectivity index (χ2n) is 5.10. The molecule has 2 atom stereocenters. The molecule has 0 aromatic carbocycles. The molecule has 1 aliphatic carbocycles. The molecule has 1 nitrogen and oxygen atoms in total. The van der Waals surface area contributed by atoms with Gasteiger partial charge >= 0.3 is 0 Å². The molecule has 90 valence electrons. The van der Waals surface area contributed by atoms with Crippen LogP contribution in [0.15, 0.2) is 15.9 Å². The molecular formula is C13H20BrNS. The Labute approximate surface area is 111 Å². The summed E-state index contributed by atoms with van der Waals surface area (Å²) in [5.41, 5.74) is 6.43. The van der Waals surface area contributed by atoms with E-state index in [1.54, 1.807) is 0 Å². The Balaban J connectivity index is 2.06. The zero-order chi connectivity index (χ0) is 11.6. The van der Waals surface area contributed by atoms with Crippen LogP contribution in [-0.2, 0) is 6.42 Å². The van der Waals surface area contributed by atoms with Crippen LogP contribution in [0.5, 0.6) is 0 Å². The maximum Gasteiger partial charge on any atom is 0.0701 e. The van der Waals surface area contributed by atoms with Crippen LogP contribution in [0.3, 0.4) is 0 Å². The van der Waals surface area contributed by atoms with E-state index in [0.29, 0.717) is 5.41 Å². The number of hydrogen-bond donors (Lipinski definition) is 1. The van der Waals surface area contributed by atoms with E-state index in [0.717, 1.165) is 12.5 Å². The van der Waals surface area contributed by atoms with E-state index in [-0.39, 0.29) is 0 Å². The monoisotopic (exact) mass is 301 g/mol. The van der Waals surface area contributed by atoms with E-state index in [1.165, 1.54) is 40.8 Å². The zero-order valence-electron chi connectivity index (χ0n) is 9.84. The highest BCUT2D eigenvalue weighted by molar-refractivity contribution is 9.11. The third kappa shape index (κ3) is 2.69. The summed E-state index contributed by atoms with van der Waals surface area (Å²) in [5, 5.41) is 0. The standard InChI is InChI=1S/C13H20BrNS/c1-2-10-5-6-13(7-10,9-15)8-11-3-4-12(14)16-11/h3-4,10H,2,5-9,15H2,1H3. The molecule has 2 N–H and O–H groups in total. The van der Waals surface area contributed by atoms with Crippen molar-refractivity contribution in [2.45, 2.75) is 39.0 Å². The average Bonchev–Trinajstić information content (AvgIpc) is 2.87. The minimum absolute atomic E-state index is 0.394. The number of hydrogen-bond acceptors (Lipinski definition) is 2. The molecule has 1 saturated carbocycles. The molecule has 0 spiro atoms. The summed E-state index contributed by atoms with van der Waals surface area (Å²) in [6.07, 6.45) is 6.51. The first-order chi connectivity index (χ1) is 7.67. The van der Waals surface area contributed by atoms with Crippen molar-refractivity contribution in [3.63, 3.8) is 0 Å². The van der Waals surface area contributed by atoms with Crippen molar-refractivity contribution < 1.29 is 0 Å². The van der Waals surface area contributed by atoms with Gasteiger partial charge in [0.15, 0.2) is 0 Å². The Morgan fingerprint density at radius 2 is 2.38 bits per heavy atom. The van der Waals surface area contributed by atoms with Crippen molar-refractivity contribution in [2.75, 3.05) is 6.54 Å². The maximum absolute atomic E-state index is 6.03. The van der Waals surface area contributed by atoms with Gasteiger partial charge in [-0.1, -0.05) is 13.3 Å². The molecule has 1 aromatic rings. The van der Waals surface area contributed by atoms with Gasteiger partial charge in [0, 0.05) is 4.88 Å². The van der Waals surface area contributed by atoms with Crippen LogP contribution in [0.25, 0.3) is 0 Å². The fraction of sp³-hybridized carbons (Fsp3) is 0.692. The van der Waals surface area contributed by atoms with Gasteiger partial charge in [-0.2, -0.15) is 0 Å². The molecule has 0 amide bonds. The first-order valence-corrected chi connectivity index (χ1v) is 7.73. The maximum atomic E-state index is 6.03. The average molecular weight is 302 g/mol. The molecule has 2 unspecified atom stereocenters. The van der Waals surface area contributed by atoms with Gasteiger partial charge < -0.3 is 5.73 Å². The number of nitrogens with two attached hydrogens (primary N) is 1. The first-order valence-electron chi connectivity index (χ1n) is 6.12. The van der Waals surface area contributed by atoms with Crippen molar-refractivity contribution in [2.24, 2.45) is 17.1 Å². The highest BCUT2D eigenvalue weighted by Gasteiger charge is 2.37. The SMILES string of the molecule is CCC1CCC(CN)(Cc2ccc(Br)s2)C1. The van der Waals surface area contributed by atoms with Crippen molar-refractivity contribution in [1.29, 1.82) is 0 Å². The summed E-state index contributed by atoms with van der Waals surface area (Å²) in [6, 6.07) is 4.39. The molecule has 1 aromatic heterocycles. The van der Waals surface area contributed by atoms with Crippen molar-refractivity contribution in [1.82, 2.24) is 0 Å². The second-order valence-corrected chi connectivity index (χ2v) is 7.65. The van der Waals surface area contributed by atoms with Crippen LogP contribution in [0.1, 0.15) is 37.5 Å². The van der Waals surface area contributed by atoms with Crippen LogP contribution < -0.4 is 5.73 Å². The minimum atomic E-state index is 0.394.